The van der Waals surface area contributed by atoms with E-state index in [4.69, 9.17) is 15.2 Å². The van der Waals surface area contributed by atoms with Crippen molar-refractivity contribution in [3.05, 3.63) is 52.0 Å². The minimum Gasteiger partial charge on any atom is -0.496 e. The number of nitrogen functional groups attached to an aromatic ring is 1. The Hall–Kier alpha value is -1.68. The van der Waals surface area contributed by atoms with E-state index in [0.29, 0.717) is 18.0 Å². The van der Waals surface area contributed by atoms with Crippen LogP contribution in [-0.2, 0) is 6.61 Å². The molecule has 0 radical (unpaired) electrons. The first-order valence-electron chi connectivity index (χ1n) is 5.92. The molecule has 0 atom stereocenters. The van der Waals surface area contributed by atoms with Gasteiger partial charge in [-0.05, 0) is 34.5 Å². The Morgan fingerprint density at radius 2 is 1.89 bits per heavy atom. The number of ether oxygens (including phenoxy) is 2. The van der Waals surface area contributed by atoms with Gasteiger partial charge in [-0.2, -0.15) is 0 Å². The highest BCUT2D eigenvalue weighted by atomic mass is 79.9. The average molecular weight is 322 g/mol. The van der Waals surface area contributed by atoms with Crippen LogP contribution in [0.15, 0.2) is 40.9 Å². The second kappa shape index (κ2) is 5.97. The third-order valence-corrected chi connectivity index (χ3v) is 3.57. The zero-order valence-electron chi connectivity index (χ0n) is 10.9. The van der Waals surface area contributed by atoms with Gasteiger partial charge in [0.15, 0.2) is 0 Å². The molecule has 0 fully saturated rings. The predicted octanol–water partition coefficient (Wildman–Crippen LogP) is 3.93. The van der Waals surface area contributed by atoms with Crippen LogP contribution < -0.4 is 15.2 Å². The molecule has 3 nitrogen and oxygen atoms in total. The number of methoxy groups -OCH3 is 1. The van der Waals surface area contributed by atoms with E-state index in [1.807, 2.05) is 43.3 Å². The molecule has 0 amide bonds. The predicted molar refractivity (Wildman–Crippen MR) is 80.6 cm³/mol. The maximum Gasteiger partial charge on any atom is 0.150 e. The lowest BCUT2D eigenvalue weighted by molar-refractivity contribution is 0.302. The van der Waals surface area contributed by atoms with Gasteiger partial charge in [0, 0.05) is 10.0 Å². The van der Waals surface area contributed by atoms with Crippen molar-refractivity contribution in [1.82, 2.24) is 0 Å². The fraction of sp³-hybridized carbons (Fsp3) is 0.200. The van der Waals surface area contributed by atoms with E-state index in [1.165, 1.54) is 0 Å². The van der Waals surface area contributed by atoms with E-state index in [2.05, 4.69) is 15.9 Å². The summed E-state index contributed by atoms with van der Waals surface area (Å²) in [5.41, 5.74) is 8.64. The van der Waals surface area contributed by atoms with E-state index in [1.54, 1.807) is 7.11 Å². The van der Waals surface area contributed by atoms with Crippen LogP contribution in [-0.4, -0.2) is 7.11 Å². The Bertz CT molecular complexity index is 570. The lowest BCUT2D eigenvalue weighted by Gasteiger charge is -2.16. The topological polar surface area (TPSA) is 44.5 Å². The molecule has 19 heavy (non-hydrogen) atoms. The molecule has 0 aliphatic rings. The summed E-state index contributed by atoms with van der Waals surface area (Å²) >= 11 is 3.41. The molecule has 100 valence electrons. The first kappa shape index (κ1) is 13.7. The summed E-state index contributed by atoms with van der Waals surface area (Å²) < 4.78 is 11.9. The van der Waals surface area contributed by atoms with Crippen LogP contribution in [0.1, 0.15) is 11.1 Å². The Kier molecular flexibility index (Phi) is 4.32. The molecule has 0 aliphatic carbocycles. The maximum atomic E-state index is 6.04. The lowest BCUT2D eigenvalue weighted by Crippen LogP contribution is -2.02. The van der Waals surface area contributed by atoms with E-state index in [9.17, 15) is 0 Å². The third kappa shape index (κ3) is 3.01. The first-order chi connectivity index (χ1) is 9.13. The summed E-state index contributed by atoms with van der Waals surface area (Å²) in [4.78, 5) is 0. The standard InChI is InChI=1S/C15H16BrNO2/c1-10-13(18-2)8-12(16)14(17)15(10)19-9-11-6-4-3-5-7-11/h3-8H,9,17H2,1-2H3. The summed E-state index contributed by atoms with van der Waals surface area (Å²) in [7, 11) is 1.63. The summed E-state index contributed by atoms with van der Waals surface area (Å²) in [6.07, 6.45) is 0. The van der Waals surface area contributed by atoms with Gasteiger partial charge in [0.2, 0.25) is 0 Å². The highest BCUT2D eigenvalue weighted by molar-refractivity contribution is 9.10. The van der Waals surface area contributed by atoms with Gasteiger partial charge in [0.25, 0.3) is 0 Å². The quantitative estimate of drug-likeness (QED) is 0.868. The van der Waals surface area contributed by atoms with Crippen LogP contribution in [0.5, 0.6) is 11.5 Å². The van der Waals surface area contributed by atoms with Crippen molar-refractivity contribution in [2.24, 2.45) is 0 Å². The molecular weight excluding hydrogens is 306 g/mol. The van der Waals surface area contributed by atoms with Crippen LogP contribution >= 0.6 is 15.9 Å². The summed E-state index contributed by atoms with van der Waals surface area (Å²) in [6.45, 7) is 2.41. The number of benzene rings is 2. The minimum atomic E-state index is 0.478. The van der Waals surface area contributed by atoms with Gasteiger partial charge < -0.3 is 15.2 Å². The third-order valence-electron chi connectivity index (χ3n) is 2.92. The Morgan fingerprint density at radius 1 is 1.21 bits per heavy atom. The zero-order valence-corrected chi connectivity index (χ0v) is 12.5. The number of anilines is 1. The summed E-state index contributed by atoms with van der Waals surface area (Å²) in [6, 6.07) is 11.8. The Labute approximate surface area is 121 Å². The highest BCUT2D eigenvalue weighted by Gasteiger charge is 2.14. The number of hydrogen-bond donors (Lipinski definition) is 1. The molecule has 0 aliphatic heterocycles. The summed E-state index contributed by atoms with van der Waals surface area (Å²) in [5, 5.41) is 0. The molecular formula is C15H16BrNO2. The van der Waals surface area contributed by atoms with Crippen LogP contribution in [0.3, 0.4) is 0 Å². The normalized spacial score (nSPS) is 10.3. The molecule has 2 N–H and O–H groups in total. The monoisotopic (exact) mass is 321 g/mol. The molecule has 4 heteroatoms. The van der Waals surface area contributed by atoms with E-state index in [0.717, 1.165) is 21.3 Å². The van der Waals surface area contributed by atoms with Crippen molar-refractivity contribution in [1.29, 1.82) is 0 Å². The fourth-order valence-corrected chi connectivity index (χ4v) is 2.24. The van der Waals surface area contributed by atoms with Crippen molar-refractivity contribution in [2.75, 3.05) is 12.8 Å². The van der Waals surface area contributed by atoms with Gasteiger partial charge in [-0.1, -0.05) is 30.3 Å². The molecule has 0 spiro atoms. The highest BCUT2D eigenvalue weighted by Crippen LogP contribution is 2.39. The van der Waals surface area contributed by atoms with Crippen molar-refractivity contribution in [3.8, 4) is 11.5 Å². The smallest absolute Gasteiger partial charge is 0.150 e. The SMILES string of the molecule is COc1cc(Br)c(N)c(OCc2ccccc2)c1C. The molecule has 0 saturated heterocycles. The molecule has 2 aromatic carbocycles. The molecule has 2 rings (SSSR count). The minimum absolute atomic E-state index is 0.478. The molecule has 0 heterocycles. The van der Waals surface area contributed by atoms with Gasteiger partial charge in [-0.25, -0.2) is 0 Å². The van der Waals surface area contributed by atoms with Crippen LogP contribution in [0.25, 0.3) is 0 Å². The Balaban J connectivity index is 2.27. The average Bonchev–Trinajstić information content (AvgIpc) is 2.44. The van der Waals surface area contributed by atoms with Crippen molar-refractivity contribution in [3.63, 3.8) is 0 Å². The van der Waals surface area contributed by atoms with Crippen LogP contribution in [0.4, 0.5) is 5.69 Å². The lowest BCUT2D eigenvalue weighted by atomic mass is 10.1. The zero-order chi connectivity index (χ0) is 13.8. The molecule has 0 unspecified atom stereocenters. The van der Waals surface area contributed by atoms with Gasteiger partial charge >= 0.3 is 0 Å². The fourth-order valence-electron chi connectivity index (χ4n) is 1.85. The molecule has 0 saturated carbocycles. The second-order valence-corrected chi connectivity index (χ2v) is 5.06. The number of hydrogen-bond acceptors (Lipinski definition) is 3. The van der Waals surface area contributed by atoms with E-state index >= 15 is 0 Å². The van der Waals surface area contributed by atoms with Gasteiger partial charge in [-0.15, -0.1) is 0 Å². The van der Waals surface area contributed by atoms with Gasteiger partial charge in [0.1, 0.15) is 18.1 Å². The first-order valence-corrected chi connectivity index (χ1v) is 6.72. The van der Waals surface area contributed by atoms with Crippen LogP contribution in [0, 0.1) is 6.92 Å². The van der Waals surface area contributed by atoms with Gasteiger partial charge in [0.05, 0.1) is 12.8 Å². The number of nitrogens with two attached hydrogens (primary N) is 1. The number of halogens is 1. The van der Waals surface area contributed by atoms with Crippen LogP contribution in [0.2, 0.25) is 0 Å². The van der Waals surface area contributed by atoms with Crippen molar-refractivity contribution in [2.45, 2.75) is 13.5 Å². The molecule has 2 aromatic rings. The maximum absolute atomic E-state index is 6.04. The summed E-state index contributed by atoms with van der Waals surface area (Å²) in [5.74, 6) is 1.42. The van der Waals surface area contributed by atoms with Crippen molar-refractivity contribution < 1.29 is 9.47 Å². The second-order valence-electron chi connectivity index (χ2n) is 4.20. The largest absolute Gasteiger partial charge is 0.496 e. The Morgan fingerprint density at radius 3 is 2.53 bits per heavy atom. The van der Waals surface area contributed by atoms with Gasteiger partial charge in [-0.3, -0.25) is 0 Å². The molecule has 0 bridgehead atoms. The molecule has 0 aromatic heterocycles. The van der Waals surface area contributed by atoms with E-state index in [-0.39, 0.29) is 0 Å². The number of rotatable bonds is 4. The van der Waals surface area contributed by atoms with Crippen molar-refractivity contribution >= 4 is 21.6 Å². The van der Waals surface area contributed by atoms with E-state index < -0.39 is 0 Å².